The Morgan fingerprint density at radius 1 is 1.44 bits per heavy atom. The van der Waals surface area contributed by atoms with Crippen LogP contribution in [0.1, 0.15) is 0 Å². The van der Waals surface area contributed by atoms with Gasteiger partial charge in [-0.3, -0.25) is 9.59 Å². The lowest BCUT2D eigenvalue weighted by Gasteiger charge is -2.04. The highest BCUT2D eigenvalue weighted by Crippen LogP contribution is 2.03. The Morgan fingerprint density at radius 3 is 2.69 bits per heavy atom. The number of carbonyl (C=O) groups excluding carboxylic acids is 2. The van der Waals surface area contributed by atoms with Crippen LogP contribution in [0.15, 0.2) is 10.6 Å². The predicted molar refractivity (Wildman–Crippen MR) is 62.0 cm³/mol. The lowest BCUT2D eigenvalue weighted by atomic mass is 10.4. The Bertz CT molecular complexity index is 268. The fourth-order valence-corrected chi connectivity index (χ4v) is 1.09. The van der Waals surface area contributed by atoms with Crippen molar-refractivity contribution in [2.24, 2.45) is 0 Å². The summed E-state index contributed by atoms with van der Waals surface area (Å²) in [5.41, 5.74) is 0. The van der Waals surface area contributed by atoms with Crippen molar-refractivity contribution < 1.29 is 19.4 Å². The molecule has 0 saturated heterocycles. The fourth-order valence-electron chi connectivity index (χ4n) is 0.741. The summed E-state index contributed by atoms with van der Waals surface area (Å²) < 4.78 is 5.08. The number of halogens is 1. The molecule has 0 atom stereocenters. The van der Waals surface area contributed by atoms with Crippen LogP contribution in [-0.4, -0.2) is 50.3 Å². The average molecular weight is 295 g/mol. The summed E-state index contributed by atoms with van der Waals surface area (Å²) in [6.45, 7) is 0.821. The molecule has 0 aliphatic rings. The number of rotatable bonds is 7. The zero-order chi connectivity index (χ0) is 12.4. The molecule has 0 saturated carbocycles. The van der Waals surface area contributed by atoms with Crippen LogP contribution in [0.3, 0.4) is 0 Å². The van der Waals surface area contributed by atoms with E-state index in [1.165, 1.54) is 7.05 Å². The third-order valence-electron chi connectivity index (χ3n) is 1.49. The van der Waals surface area contributed by atoms with E-state index < -0.39 is 5.91 Å². The van der Waals surface area contributed by atoms with E-state index in [0.717, 1.165) is 6.08 Å². The smallest absolute Gasteiger partial charge is 0.258 e. The molecule has 16 heavy (non-hydrogen) atoms. The second-order valence-electron chi connectivity index (χ2n) is 2.70. The first-order valence-corrected chi connectivity index (χ1v) is 5.46. The van der Waals surface area contributed by atoms with E-state index in [0.29, 0.717) is 13.2 Å². The van der Waals surface area contributed by atoms with Crippen molar-refractivity contribution in [1.82, 2.24) is 10.6 Å². The lowest BCUT2D eigenvalue weighted by molar-refractivity contribution is -0.118. The number of ether oxygens (including phenoxy) is 1. The quantitative estimate of drug-likeness (QED) is 0.421. The van der Waals surface area contributed by atoms with Crippen molar-refractivity contribution in [3.05, 3.63) is 10.6 Å². The van der Waals surface area contributed by atoms with Gasteiger partial charge in [0.1, 0.15) is 0 Å². The first-order chi connectivity index (χ1) is 7.61. The number of aliphatic hydroxyl groups excluding tert-OH is 1. The van der Waals surface area contributed by atoms with Crippen LogP contribution >= 0.6 is 15.9 Å². The van der Waals surface area contributed by atoms with Crippen LogP contribution in [0.25, 0.3) is 0 Å². The minimum Gasteiger partial charge on any atom is -0.394 e. The van der Waals surface area contributed by atoms with Crippen molar-refractivity contribution in [3.63, 3.8) is 0 Å². The van der Waals surface area contributed by atoms with Crippen LogP contribution in [-0.2, 0) is 14.3 Å². The molecule has 0 unspecified atom stereocenters. The second kappa shape index (κ2) is 9.32. The standard InChI is InChI=1S/C9H15BrN2O4/c1-11-8(14)6-7(10)9(15)12-2-4-16-5-3-13/h6,13H,2-5H2,1H3,(H,11,14)(H,12,15)/b7-6+. The summed E-state index contributed by atoms with van der Waals surface area (Å²) in [5.74, 6) is -0.755. The highest BCUT2D eigenvalue weighted by Gasteiger charge is 2.06. The highest BCUT2D eigenvalue weighted by atomic mass is 79.9. The topological polar surface area (TPSA) is 87.7 Å². The number of carbonyl (C=O) groups is 2. The number of aliphatic hydroxyl groups is 1. The van der Waals surface area contributed by atoms with E-state index in [-0.39, 0.29) is 23.6 Å². The van der Waals surface area contributed by atoms with Gasteiger partial charge in [0.05, 0.1) is 24.3 Å². The molecule has 0 rings (SSSR count). The molecule has 7 heteroatoms. The number of likely N-dealkylation sites (N-methyl/N-ethyl adjacent to an activating group) is 1. The Labute approximate surface area is 102 Å². The van der Waals surface area contributed by atoms with E-state index in [4.69, 9.17) is 9.84 Å². The molecule has 0 spiro atoms. The van der Waals surface area contributed by atoms with Crippen molar-refractivity contribution >= 4 is 27.7 Å². The number of amides is 2. The number of hydrogen-bond donors (Lipinski definition) is 3. The SMILES string of the molecule is CNC(=O)/C=C(/Br)C(=O)NCCOCCO. The first kappa shape index (κ1) is 15.1. The molecule has 0 aromatic carbocycles. The minimum absolute atomic E-state index is 0.0474. The molecule has 6 nitrogen and oxygen atoms in total. The Hall–Kier alpha value is -0.920. The van der Waals surface area contributed by atoms with Gasteiger partial charge in [-0.25, -0.2) is 0 Å². The summed E-state index contributed by atoms with van der Waals surface area (Å²) in [6.07, 6.45) is 1.14. The van der Waals surface area contributed by atoms with E-state index in [2.05, 4.69) is 26.6 Å². The maximum atomic E-state index is 11.3. The van der Waals surface area contributed by atoms with Gasteiger partial charge in [-0.05, 0) is 15.9 Å². The molecule has 0 aromatic rings. The Balaban J connectivity index is 3.79. The first-order valence-electron chi connectivity index (χ1n) is 4.67. The van der Waals surface area contributed by atoms with Gasteiger partial charge >= 0.3 is 0 Å². The van der Waals surface area contributed by atoms with Crippen LogP contribution in [0.4, 0.5) is 0 Å². The average Bonchev–Trinajstić information content (AvgIpc) is 2.28. The van der Waals surface area contributed by atoms with Crippen molar-refractivity contribution in [1.29, 1.82) is 0 Å². The summed E-state index contributed by atoms with van der Waals surface area (Å²) in [4.78, 5) is 22.2. The largest absolute Gasteiger partial charge is 0.394 e. The molecular formula is C9H15BrN2O4. The molecule has 2 amide bonds. The predicted octanol–water partition coefficient (Wildman–Crippen LogP) is -0.864. The highest BCUT2D eigenvalue weighted by molar-refractivity contribution is 9.12. The maximum absolute atomic E-state index is 11.3. The molecular weight excluding hydrogens is 280 g/mol. The van der Waals surface area contributed by atoms with E-state index in [1.54, 1.807) is 0 Å². The summed E-state index contributed by atoms with van der Waals surface area (Å²) in [5, 5.41) is 13.3. The maximum Gasteiger partial charge on any atom is 0.258 e. The zero-order valence-corrected chi connectivity index (χ0v) is 10.5. The van der Waals surface area contributed by atoms with Gasteiger partial charge in [0.25, 0.3) is 5.91 Å². The van der Waals surface area contributed by atoms with Crippen molar-refractivity contribution in [2.45, 2.75) is 0 Å². The molecule has 0 bridgehead atoms. The van der Waals surface area contributed by atoms with Crippen LogP contribution in [0.5, 0.6) is 0 Å². The monoisotopic (exact) mass is 294 g/mol. The minimum atomic E-state index is -0.392. The van der Waals surface area contributed by atoms with E-state index in [9.17, 15) is 9.59 Å². The van der Waals surface area contributed by atoms with E-state index >= 15 is 0 Å². The van der Waals surface area contributed by atoms with Gasteiger partial charge in [0.15, 0.2) is 0 Å². The fraction of sp³-hybridized carbons (Fsp3) is 0.556. The Kier molecular flexibility index (Phi) is 8.78. The molecule has 0 aromatic heterocycles. The van der Waals surface area contributed by atoms with Crippen LogP contribution in [0.2, 0.25) is 0 Å². The van der Waals surface area contributed by atoms with E-state index in [1.807, 2.05) is 0 Å². The van der Waals surface area contributed by atoms with Crippen molar-refractivity contribution in [3.8, 4) is 0 Å². The molecule has 0 fully saturated rings. The second-order valence-corrected chi connectivity index (χ2v) is 3.55. The van der Waals surface area contributed by atoms with Gasteiger partial charge in [-0.2, -0.15) is 0 Å². The third-order valence-corrected chi connectivity index (χ3v) is 2.08. The summed E-state index contributed by atoms with van der Waals surface area (Å²) >= 11 is 2.97. The summed E-state index contributed by atoms with van der Waals surface area (Å²) in [6, 6.07) is 0. The zero-order valence-electron chi connectivity index (χ0n) is 8.96. The molecule has 0 radical (unpaired) electrons. The lowest BCUT2D eigenvalue weighted by Crippen LogP contribution is -2.28. The Morgan fingerprint density at radius 2 is 2.12 bits per heavy atom. The van der Waals surface area contributed by atoms with Gasteiger partial charge in [0.2, 0.25) is 5.91 Å². The van der Waals surface area contributed by atoms with Crippen LogP contribution < -0.4 is 10.6 Å². The molecule has 3 N–H and O–H groups in total. The number of hydrogen-bond acceptors (Lipinski definition) is 4. The third kappa shape index (κ3) is 7.38. The van der Waals surface area contributed by atoms with Crippen molar-refractivity contribution in [2.75, 3.05) is 33.4 Å². The molecule has 0 aliphatic carbocycles. The molecule has 0 heterocycles. The molecule has 0 aliphatic heterocycles. The van der Waals surface area contributed by atoms with Gasteiger partial charge in [-0.15, -0.1) is 0 Å². The van der Waals surface area contributed by atoms with Gasteiger partial charge in [0, 0.05) is 19.7 Å². The summed E-state index contributed by atoms with van der Waals surface area (Å²) in [7, 11) is 1.47. The number of nitrogens with one attached hydrogen (secondary N) is 2. The van der Waals surface area contributed by atoms with Gasteiger partial charge < -0.3 is 20.5 Å². The van der Waals surface area contributed by atoms with Crippen LogP contribution in [0, 0.1) is 0 Å². The van der Waals surface area contributed by atoms with Gasteiger partial charge in [-0.1, -0.05) is 0 Å². The normalized spacial score (nSPS) is 11.1. The molecule has 92 valence electrons.